The van der Waals surface area contributed by atoms with E-state index < -0.39 is 0 Å². The van der Waals surface area contributed by atoms with Crippen LogP contribution in [-0.2, 0) is 13.0 Å². The molecule has 112 valence electrons. The lowest BCUT2D eigenvalue weighted by molar-refractivity contribution is 0.148. The van der Waals surface area contributed by atoms with E-state index in [1.165, 1.54) is 5.56 Å². The molecule has 0 radical (unpaired) electrons. The molecule has 0 spiro atoms. The van der Waals surface area contributed by atoms with Crippen LogP contribution in [0.25, 0.3) is 10.9 Å². The second kappa shape index (κ2) is 6.00. The lowest BCUT2D eigenvalue weighted by Crippen LogP contribution is -2.43. The molecule has 0 atom stereocenters. The van der Waals surface area contributed by atoms with Gasteiger partial charge in [0.25, 0.3) is 5.56 Å². The van der Waals surface area contributed by atoms with Crippen molar-refractivity contribution in [1.82, 2.24) is 14.8 Å². The van der Waals surface area contributed by atoms with Gasteiger partial charge in [-0.1, -0.05) is 19.1 Å². The Hall–Kier alpha value is -1.65. The molecule has 0 amide bonds. The zero-order valence-corrected chi connectivity index (χ0v) is 12.9. The number of fused-ring (bicyclic) bond motifs is 1. The number of likely N-dealkylation sites (N-methyl/N-ethyl adjacent to an activating group) is 1. The predicted molar refractivity (Wildman–Crippen MR) is 86.7 cm³/mol. The van der Waals surface area contributed by atoms with Gasteiger partial charge in [-0.15, -0.1) is 0 Å². The van der Waals surface area contributed by atoms with Gasteiger partial charge in [-0.05, 0) is 36.6 Å². The van der Waals surface area contributed by atoms with Gasteiger partial charge in [0, 0.05) is 43.8 Å². The largest absolute Gasteiger partial charge is 0.322 e. The molecule has 4 heteroatoms. The lowest BCUT2D eigenvalue weighted by atomic mass is 10.1. The number of aromatic nitrogens is 1. The molecule has 1 aliphatic heterocycles. The monoisotopic (exact) mass is 285 g/mol. The Morgan fingerprint density at radius 1 is 1.14 bits per heavy atom. The highest BCUT2D eigenvalue weighted by atomic mass is 16.1. The summed E-state index contributed by atoms with van der Waals surface area (Å²) >= 11 is 0. The molecular formula is C17H23N3O. The molecule has 4 nitrogen and oxygen atoms in total. The summed E-state index contributed by atoms with van der Waals surface area (Å²) in [6, 6.07) is 8.43. The van der Waals surface area contributed by atoms with E-state index in [1.807, 2.05) is 13.0 Å². The fourth-order valence-corrected chi connectivity index (χ4v) is 2.92. The van der Waals surface area contributed by atoms with E-state index in [0.717, 1.165) is 55.6 Å². The summed E-state index contributed by atoms with van der Waals surface area (Å²) in [5.74, 6) is 0. The smallest absolute Gasteiger partial charge is 0.251 e. The van der Waals surface area contributed by atoms with Crippen molar-refractivity contribution in [2.24, 2.45) is 0 Å². The van der Waals surface area contributed by atoms with Crippen LogP contribution in [0.3, 0.4) is 0 Å². The van der Waals surface area contributed by atoms with Crippen LogP contribution in [-0.4, -0.2) is 48.0 Å². The van der Waals surface area contributed by atoms with Crippen LogP contribution in [0, 0.1) is 0 Å². The van der Waals surface area contributed by atoms with Crippen molar-refractivity contribution in [3.05, 3.63) is 45.7 Å². The highest BCUT2D eigenvalue weighted by Crippen LogP contribution is 2.16. The van der Waals surface area contributed by atoms with E-state index in [4.69, 9.17) is 0 Å². The molecule has 21 heavy (non-hydrogen) atoms. The molecule has 0 unspecified atom stereocenters. The first-order valence-corrected chi connectivity index (χ1v) is 7.71. The number of hydrogen-bond donors (Lipinski definition) is 1. The number of nitrogens with one attached hydrogen (secondary N) is 1. The standard InChI is InChI=1S/C17H23N3O/c1-3-14-11-15-5-4-13(10-16(15)18-17(14)21)12-20-8-6-19(2)7-9-20/h4-5,10-11H,3,6-9,12H2,1-2H3,(H,18,21). The van der Waals surface area contributed by atoms with Crippen LogP contribution in [0.5, 0.6) is 0 Å². The Balaban J connectivity index is 1.82. The van der Waals surface area contributed by atoms with Crippen molar-refractivity contribution in [3.63, 3.8) is 0 Å². The topological polar surface area (TPSA) is 39.3 Å². The number of pyridine rings is 1. The maximum atomic E-state index is 11.9. The number of hydrogen-bond acceptors (Lipinski definition) is 3. The number of aryl methyl sites for hydroxylation is 1. The number of piperazine rings is 1. The fourth-order valence-electron chi connectivity index (χ4n) is 2.92. The predicted octanol–water partition coefficient (Wildman–Crippen LogP) is 1.84. The number of aromatic amines is 1. The summed E-state index contributed by atoms with van der Waals surface area (Å²) in [6.07, 6.45) is 0.772. The molecule has 1 aliphatic rings. The average molecular weight is 285 g/mol. The second-order valence-electron chi connectivity index (χ2n) is 5.98. The SMILES string of the molecule is CCc1cc2ccc(CN3CCN(C)CC3)cc2[nH]c1=O. The Labute approximate surface area is 125 Å². The zero-order chi connectivity index (χ0) is 14.8. The second-order valence-corrected chi connectivity index (χ2v) is 5.98. The molecule has 0 saturated carbocycles. The molecule has 0 aliphatic carbocycles. The zero-order valence-electron chi connectivity index (χ0n) is 12.9. The Kier molecular flexibility index (Phi) is 4.08. The molecule has 3 rings (SSSR count). The van der Waals surface area contributed by atoms with Gasteiger partial charge in [-0.25, -0.2) is 0 Å². The molecule has 2 aromatic rings. The lowest BCUT2D eigenvalue weighted by Gasteiger charge is -2.32. The van der Waals surface area contributed by atoms with Gasteiger partial charge >= 0.3 is 0 Å². The summed E-state index contributed by atoms with van der Waals surface area (Å²) in [5, 5.41) is 1.12. The van der Waals surface area contributed by atoms with Crippen molar-refractivity contribution < 1.29 is 0 Å². The molecule has 1 N–H and O–H groups in total. The third-order valence-corrected chi connectivity index (χ3v) is 4.37. The van der Waals surface area contributed by atoms with Crippen LogP contribution >= 0.6 is 0 Å². The molecule has 0 bridgehead atoms. The maximum Gasteiger partial charge on any atom is 0.251 e. The van der Waals surface area contributed by atoms with Crippen LogP contribution < -0.4 is 5.56 Å². The van der Waals surface area contributed by atoms with E-state index in [0.29, 0.717) is 0 Å². The summed E-state index contributed by atoms with van der Waals surface area (Å²) in [4.78, 5) is 19.8. The first kappa shape index (κ1) is 14.3. The first-order valence-electron chi connectivity index (χ1n) is 7.71. The van der Waals surface area contributed by atoms with E-state index in [-0.39, 0.29) is 5.56 Å². The molecule has 1 saturated heterocycles. The quantitative estimate of drug-likeness (QED) is 0.935. The van der Waals surface area contributed by atoms with Crippen LogP contribution in [0.4, 0.5) is 0 Å². The Morgan fingerprint density at radius 2 is 1.90 bits per heavy atom. The van der Waals surface area contributed by atoms with Gasteiger partial charge in [-0.3, -0.25) is 9.69 Å². The van der Waals surface area contributed by atoms with Crippen molar-refractivity contribution >= 4 is 10.9 Å². The fraction of sp³-hybridized carbons (Fsp3) is 0.471. The first-order chi connectivity index (χ1) is 10.2. The molecule has 2 heterocycles. The van der Waals surface area contributed by atoms with Crippen molar-refractivity contribution in [1.29, 1.82) is 0 Å². The highest BCUT2D eigenvalue weighted by molar-refractivity contribution is 5.79. The summed E-state index contributed by atoms with van der Waals surface area (Å²) in [6.45, 7) is 7.45. The molecule has 1 aromatic heterocycles. The Morgan fingerprint density at radius 3 is 2.62 bits per heavy atom. The van der Waals surface area contributed by atoms with Crippen molar-refractivity contribution in [2.75, 3.05) is 33.2 Å². The van der Waals surface area contributed by atoms with Gasteiger partial charge in [-0.2, -0.15) is 0 Å². The normalized spacial score (nSPS) is 17.4. The van der Waals surface area contributed by atoms with Crippen molar-refractivity contribution in [3.8, 4) is 0 Å². The summed E-state index contributed by atoms with van der Waals surface area (Å²) < 4.78 is 0. The number of H-pyrrole nitrogens is 1. The van der Waals surface area contributed by atoms with E-state index in [2.05, 4.69) is 40.0 Å². The van der Waals surface area contributed by atoms with Crippen LogP contribution in [0.15, 0.2) is 29.1 Å². The van der Waals surface area contributed by atoms with Gasteiger partial charge < -0.3 is 9.88 Å². The van der Waals surface area contributed by atoms with E-state index in [1.54, 1.807) is 0 Å². The summed E-state index contributed by atoms with van der Waals surface area (Å²) in [7, 11) is 2.17. The minimum Gasteiger partial charge on any atom is -0.322 e. The average Bonchev–Trinajstić information content (AvgIpc) is 2.49. The number of rotatable bonds is 3. The van der Waals surface area contributed by atoms with Crippen molar-refractivity contribution in [2.45, 2.75) is 19.9 Å². The maximum absolute atomic E-state index is 11.9. The molecular weight excluding hydrogens is 262 g/mol. The van der Waals surface area contributed by atoms with Gasteiger partial charge in [0.2, 0.25) is 0 Å². The van der Waals surface area contributed by atoms with Gasteiger partial charge in [0.1, 0.15) is 0 Å². The van der Waals surface area contributed by atoms with Gasteiger partial charge in [0.05, 0.1) is 0 Å². The number of benzene rings is 1. The van der Waals surface area contributed by atoms with E-state index in [9.17, 15) is 4.79 Å². The highest BCUT2D eigenvalue weighted by Gasteiger charge is 2.14. The van der Waals surface area contributed by atoms with Gasteiger partial charge in [0.15, 0.2) is 0 Å². The van der Waals surface area contributed by atoms with Crippen LogP contribution in [0.1, 0.15) is 18.1 Å². The summed E-state index contributed by atoms with van der Waals surface area (Å²) in [5.41, 5.74) is 3.12. The third-order valence-electron chi connectivity index (χ3n) is 4.37. The third kappa shape index (κ3) is 3.17. The minimum absolute atomic E-state index is 0.0433. The van der Waals surface area contributed by atoms with Crippen LogP contribution in [0.2, 0.25) is 0 Å². The molecule has 1 fully saturated rings. The minimum atomic E-state index is 0.0433. The van der Waals surface area contributed by atoms with E-state index >= 15 is 0 Å². The Bertz CT molecular complexity index is 684. The molecule has 1 aromatic carbocycles. The number of nitrogens with zero attached hydrogens (tertiary/aromatic N) is 2.